The molecule has 4 rings (SSSR count). The van der Waals surface area contributed by atoms with E-state index in [0.717, 1.165) is 46.8 Å². The number of hydrogen-bond acceptors (Lipinski definition) is 7. The lowest BCUT2D eigenvalue weighted by Gasteiger charge is -2.14. The smallest absolute Gasteiger partial charge is 0.407 e. The average molecular weight is 386 g/mol. The maximum absolute atomic E-state index is 11.8. The standard InChI is InChI=1S/C18H22N6O2S/c1-10(2)21-18(25)26-12-4-3-11(7-12)14-8-15(24-23-14)22-17-16-13(5-6-19-17)20-9-27-16/h5-6,8-12H,3-4,7H2,1-2H3,(H,21,25)(H2,19,22,23,24). The number of alkyl carbamates (subject to hydrolysis) is 1. The number of amides is 1. The minimum atomic E-state index is -0.341. The number of carbonyl (C=O) groups is 1. The molecule has 1 amide bonds. The van der Waals surface area contributed by atoms with E-state index in [4.69, 9.17) is 4.74 Å². The van der Waals surface area contributed by atoms with E-state index in [-0.39, 0.29) is 18.2 Å². The molecule has 8 nitrogen and oxygen atoms in total. The number of nitrogens with zero attached hydrogens (tertiary/aromatic N) is 3. The first kappa shape index (κ1) is 17.7. The molecule has 3 heterocycles. The van der Waals surface area contributed by atoms with Crippen LogP contribution in [0.1, 0.15) is 44.7 Å². The van der Waals surface area contributed by atoms with Gasteiger partial charge in [-0.15, -0.1) is 11.3 Å². The predicted octanol–water partition coefficient (Wildman–Crippen LogP) is 3.93. The predicted molar refractivity (Wildman–Crippen MR) is 104 cm³/mol. The quantitative estimate of drug-likeness (QED) is 0.614. The van der Waals surface area contributed by atoms with Gasteiger partial charge in [0, 0.05) is 29.9 Å². The lowest BCUT2D eigenvalue weighted by Crippen LogP contribution is -2.33. The van der Waals surface area contributed by atoms with Crippen LogP contribution in [0.5, 0.6) is 0 Å². The van der Waals surface area contributed by atoms with E-state index in [2.05, 4.69) is 30.8 Å². The lowest BCUT2D eigenvalue weighted by molar-refractivity contribution is 0.0981. The molecular weight excluding hydrogens is 364 g/mol. The number of thiazole rings is 1. The summed E-state index contributed by atoms with van der Waals surface area (Å²) in [6.45, 7) is 3.83. The summed E-state index contributed by atoms with van der Waals surface area (Å²) in [5, 5.41) is 13.5. The molecule has 3 aromatic rings. The van der Waals surface area contributed by atoms with E-state index in [9.17, 15) is 4.79 Å². The highest BCUT2D eigenvalue weighted by molar-refractivity contribution is 7.17. The summed E-state index contributed by atoms with van der Waals surface area (Å²) in [5.74, 6) is 1.78. The Hall–Kier alpha value is -2.68. The van der Waals surface area contributed by atoms with Crippen molar-refractivity contribution in [3.05, 3.63) is 29.5 Å². The zero-order valence-electron chi connectivity index (χ0n) is 15.2. The van der Waals surface area contributed by atoms with Crippen molar-refractivity contribution in [3.63, 3.8) is 0 Å². The van der Waals surface area contributed by atoms with Crippen molar-refractivity contribution in [2.24, 2.45) is 0 Å². The molecule has 3 aromatic heterocycles. The molecule has 0 aliphatic heterocycles. The van der Waals surface area contributed by atoms with Gasteiger partial charge in [0.2, 0.25) is 0 Å². The van der Waals surface area contributed by atoms with Gasteiger partial charge in [0.25, 0.3) is 0 Å². The summed E-state index contributed by atoms with van der Waals surface area (Å²) >= 11 is 1.55. The third kappa shape index (κ3) is 4.02. The number of carbonyl (C=O) groups excluding carboxylic acids is 1. The van der Waals surface area contributed by atoms with E-state index in [1.54, 1.807) is 17.5 Å². The van der Waals surface area contributed by atoms with Gasteiger partial charge in [0.05, 0.1) is 15.7 Å². The molecule has 0 aromatic carbocycles. The van der Waals surface area contributed by atoms with Crippen molar-refractivity contribution in [1.82, 2.24) is 25.5 Å². The van der Waals surface area contributed by atoms with Crippen molar-refractivity contribution in [2.75, 3.05) is 5.32 Å². The molecule has 0 spiro atoms. The fraction of sp³-hybridized carbons (Fsp3) is 0.444. The van der Waals surface area contributed by atoms with Crippen LogP contribution in [0.4, 0.5) is 16.4 Å². The van der Waals surface area contributed by atoms with Gasteiger partial charge in [-0.25, -0.2) is 14.8 Å². The highest BCUT2D eigenvalue weighted by Gasteiger charge is 2.30. The molecule has 1 aliphatic carbocycles. The fourth-order valence-electron chi connectivity index (χ4n) is 3.36. The molecule has 27 heavy (non-hydrogen) atoms. The summed E-state index contributed by atoms with van der Waals surface area (Å²) in [6, 6.07) is 3.97. The first-order valence-corrected chi connectivity index (χ1v) is 9.94. The molecule has 0 bridgehead atoms. The van der Waals surface area contributed by atoms with Crippen LogP contribution in [-0.4, -0.2) is 38.4 Å². The van der Waals surface area contributed by atoms with E-state index in [1.807, 2.05) is 31.5 Å². The molecule has 3 N–H and O–H groups in total. The van der Waals surface area contributed by atoms with Gasteiger partial charge in [-0.2, -0.15) is 5.10 Å². The molecule has 2 atom stereocenters. The molecule has 1 saturated carbocycles. The van der Waals surface area contributed by atoms with E-state index in [0.29, 0.717) is 5.92 Å². The average Bonchev–Trinajstić information content (AvgIpc) is 3.33. The SMILES string of the molecule is CC(C)NC(=O)OC1CCC(c2cc(Nc3nccc4ncsc34)n[nH]2)C1. The van der Waals surface area contributed by atoms with Gasteiger partial charge in [0.15, 0.2) is 11.6 Å². The zero-order valence-corrected chi connectivity index (χ0v) is 16.0. The van der Waals surface area contributed by atoms with Crippen LogP contribution in [0.25, 0.3) is 10.2 Å². The summed E-state index contributed by atoms with van der Waals surface area (Å²) in [4.78, 5) is 20.5. The second-order valence-corrected chi connectivity index (χ2v) is 7.88. The van der Waals surface area contributed by atoms with Crippen molar-refractivity contribution in [1.29, 1.82) is 0 Å². The maximum atomic E-state index is 11.8. The van der Waals surface area contributed by atoms with Crippen molar-refractivity contribution >= 4 is 39.3 Å². The molecule has 1 fully saturated rings. The molecule has 0 radical (unpaired) electrons. The Kier molecular flexibility index (Phi) is 4.93. The number of H-pyrrole nitrogens is 1. The monoisotopic (exact) mass is 386 g/mol. The number of rotatable bonds is 5. The second kappa shape index (κ2) is 7.51. The molecule has 2 unspecified atom stereocenters. The normalized spacial score (nSPS) is 19.5. The number of pyridine rings is 1. The third-order valence-corrected chi connectivity index (χ3v) is 5.44. The van der Waals surface area contributed by atoms with Crippen LogP contribution in [-0.2, 0) is 4.74 Å². The van der Waals surface area contributed by atoms with E-state index < -0.39 is 0 Å². The van der Waals surface area contributed by atoms with Crippen molar-refractivity contribution in [2.45, 2.75) is 51.2 Å². The van der Waals surface area contributed by atoms with Crippen LogP contribution >= 0.6 is 11.3 Å². The highest BCUT2D eigenvalue weighted by atomic mass is 32.1. The lowest BCUT2D eigenvalue weighted by atomic mass is 10.0. The molecular formula is C18H22N6O2S. The summed E-state index contributed by atoms with van der Waals surface area (Å²) in [5.41, 5.74) is 3.77. The minimum Gasteiger partial charge on any atom is -0.446 e. The number of nitrogens with one attached hydrogen (secondary N) is 3. The van der Waals surface area contributed by atoms with Crippen LogP contribution in [0.2, 0.25) is 0 Å². The Morgan fingerprint density at radius 1 is 1.37 bits per heavy atom. The third-order valence-electron chi connectivity index (χ3n) is 4.59. The summed E-state index contributed by atoms with van der Waals surface area (Å²) in [7, 11) is 0. The molecule has 0 saturated heterocycles. The Morgan fingerprint density at radius 2 is 2.26 bits per heavy atom. The summed E-state index contributed by atoms with van der Waals surface area (Å²) < 4.78 is 6.51. The van der Waals surface area contributed by atoms with Crippen LogP contribution < -0.4 is 10.6 Å². The van der Waals surface area contributed by atoms with Gasteiger partial charge in [-0.05, 0) is 39.2 Å². The van der Waals surface area contributed by atoms with Crippen molar-refractivity contribution in [3.8, 4) is 0 Å². The fourth-order valence-corrected chi connectivity index (χ4v) is 4.09. The zero-order chi connectivity index (χ0) is 18.8. The topological polar surface area (TPSA) is 105 Å². The number of aromatic nitrogens is 4. The molecule has 9 heteroatoms. The number of fused-ring (bicyclic) bond motifs is 1. The number of ether oxygens (including phenoxy) is 1. The Bertz CT molecular complexity index is 937. The summed E-state index contributed by atoms with van der Waals surface area (Å²) in [6.07, 6.45) is 3.96. The first-order valence-electron chi connectivity index (χ1n) is 9.06. The van der Waals surface area contributed by atoms with E-state index >= 15 is 0 Å². The minimum absolute atomic E-state index is 0.0546. The number of anilines is 2. The van der Waals surface area contributed by atoms with Gasteiger partial charge in [0.1, 0.15) is 6.10 Å². The number of aromatic amines is 1. The number of hydrogen-bond donors (Lipinski definition) is 3. The maximum Gasteiger partial charge on any atom is 0.407 e. The molecule has 1 aliphatic rings. The largest absolute Gasteiger partial charge is 0.446 e. The second-order valence-electron chi connectivity index (χ2n) is 7.03. The van der Waals surface area contributed by atoms with Gasteiger partial charge < -0.3 is 15.4 Å². The van der Waals surface area contributed by atoms with Gasteiger partial charge >= 0.3 is 6.09 Å². The first-order chi connectivity index (χ1) is 13.1. The van der Waals surface area contributed by atoms with Crippen LogP contribution in [0, 0.1) is 0 Å². The van der Waals surface area contributed by atoms with Crippen molar-refractivity contribution < 1.29 is 9.53 Å². The van der Waals surface area contributed by atoms with Gasteiger partial charge in [-0.1, -0.05) is 0 Å². The van der Waals surface area contributed by atoms with E-state index in [1.165, 1.54) is 0 Å². The Labute approximate surface area is 160 Å². The Balaban J connectivity index is 1.38. The van der Waals surface area contributed by atoms with Gasteiger partial charge in [-0.3, -0.25) is 5.10 Å². The van der Waals surface area contributed by atoms with Crippen LogP contribution in [0.15, 0.2) is 23.8 Å². The van der Waals surface area contributed by atoms with Crippen LogP contribution in [0.3, 0.4) is 0 Å². The molecule has 142 valence electrons. The Morgan fingerprint density at radius 3 is 3.11 bits per heavy atom. The highest BCUT2D eigenvalue weighted by Crippen LogP contribution is 2.36.